The number of aryl methyl sites for hydroxylation is 1. The van der Waals surface area contributed by atoms with E-state index in [9.17, 15) is 14.7 Å². The van der Waals surface area contributed by atoms with Crippen LogP contribution < -0.4 is 10.6 Å². The number of hydrogen-bond acceptors (Lipinski definition) is 4. The van der Waals surface area contributed by atoms with Crippen molar-refractivity contribution in [2.75, 3.05) is 11.9 Å². The van der Waals surface area contributed by atoms with Crippen LogP contribution in [0.3, 0.4) is 0 Å². The second kappa shape index (κ2) is 7.21. The van der Waals surface area contributed by atoms with Crippen molar-refractivity contribution in [2.24, 2.45) is 0 Å². The number of nitrogens with one attached hydrogen (secondary N) is 2. The first kappa shape index (κ1) is 15.5. The van der Waals surface area contributed by atoms with Crippen molar-refractivity contribution in [3.05, 3.63) is 53.7 Å². The SMILES string of the molecule is Cc1cccc(NC(=O)CCNC(=O)c2ccccc2O)n1. The molecule has 3 N–H and O–H groups in total. The summed E-state index contributed by atoms with van der Waals surface area (Å²) >= 11 is 0. The third kappa shape index (κ3) is 4.31. The molecule has 0 radical (unpaired) electrons. The predicted molar refractivity (Wildman–Crippen MR) is 82.7 cm³/mol. The lowest BCUT2D eigenvalue weighted by Gasteiger charge is -2.07. The molecule has 2 aromatic rings. The summed E-state index contributed by atoms with van der Waals surface area (Å²) in [6, 6.07) is 11.6. The maximum Gasteiger partial charge on any atom is 0.255 e. The number of nitrogens with zero attached hydrogens (tertiary/aromatic N) is 1. The quantitative estimate of drug-likeness (QED) is 0.786. The maximum absolute atomic E-state index is 11.8. The number of carbonyl (C=O) groups is 2. The number of phenols is 1. The minimum atomic E-state index is -0.417. The highest BCUT2D eigenvalue weighted by molar-refractivity contribution is 5.97. The third-order valence-corrected chi connectivity index (χ3v) is 2.94. The summed E-state index contributed by atoms with van der Waals surface area (Å²) in [7, 11) is 0. The third-order valence-electron chi connectivity index (χ3n) is 2.94. The summed E-state index contributed by atoms with van der Waals surface area (Å²) in [6.45, 7) is 2.01. The van der Waals surface area contributed by atoms with E-state index in [0.29, 0.717) is 5.82 Å². The van der Waals surface area contributed by atoms with Crippen LogP contribution in [-0.2, 0) is 4.79 Å². The van der Waals surface area contributed by atoms with Gasteiger partial charge in [-0.1, -0.05) is 18.2 Å². The van der Waals surface area contributed by atoms with Gasteiger partial charge < -0.3 is 15.7 Å². The number of rotatable bonds is 5. The van der Waals surface area contributed by atoms with Crippen LogP contribution in [0.4, 0.5) is 5.82 Å². The second-order valence-corrected chi connectivity index (χ2v) is 4.74. The number of amides is 2. The van der Waals surface area contributed by atoms with Crippen molar-refractivity contribution >= 4 is 17.6 Å². The van der Waals surface area contributed by atoms with Gasteiger partial charge in [-0.2, -0.15) is 0 Å². The van der Waals surface area contributed by atoms with E-state index in [0.717, 1.165) is 5.69 Å². The summed E-state index contributed by atoms with van der Waals surface area (Å²) in [5.41, 5.74) is 0.994. The highest BCUT2D eigenvalue weighted by Crippen LogP contribution is 2.14. The van der Waals surface area contributed by atoms with Crippen molar-refractivity contribution in [3.63, 3.8) is 0 Å². The Morgan fingerprint density at radius 1 is 1.14 bits per heavy atom. The van der Waals surface area contributed by atoms with E-state index in [4.69, 9.17) is 0 Å². The smallest absolute Gasteiger partial charge is 0.255 e. The largest absolute Gasteiger partial charge is 0.507 e. The minimum absolute atomic E-state index is 0.0894. The zero-order chi connectivity index (χ0) is 15.9. The molecule has 0 fully saturated rings. The zero-order valence-corrected chi connectivity index (χ0v) is 12.2. The van der Waals surface area contributed by atoms with Gasteiger partial charge in [-0.05, 0) is 31.2 Å². The summed E-state index contributed by atoms with van der Waals surface area (Å²) in [6.07, 6.45) is 0.120. The number of phenolic OH excluding ortho intramolecular Hbond substituents is 1. The molecule has 0 aliphatic heterocycles. The fraction of sp³-hybridized carbons (Fsp3) is 0.188. The summed E-state index contributed by atoms with van der Waals surface area (Å²) in [5.74, 6) is -0.263. The van der Waals surface area contributed by atoms with E-state index in [2.05, 4.69) is 15.6 Å². The first-order valence-electron chi connectivity index (χ1n) is 6.86. The van der Waals surface area contributed by atoms with E-state index >= 15 is 0 Å². The fourth-order valence-corrected chi connectivity index (χ4v) is 1.87. The fourth-order valence-electron chi connectivity index (χ4n) is 1.87. The molecule has 1 aromatic carbocycles. The van der Waals surface area contributed by atoms with Crippen molar-refractivity contribution in [3.8, 4) is 5.75 Å². The highest BCUT2D eigenvalue weighted by Gasteiger charge is 2.10. The van der Waals surface area contributed by atoms with Crippen LogP contribution in [-0.4, -0.2) is 28.4 Å². The Morgan fingerprint density at radius 3 is 2.64 bits per heavy atom. The van der Waals surface area contributed by atoms with E-state index in [-0.39, 0.29) is 30.2 Å². The molecule has 22 heavy (non-hydrogen) atoms. The number of hydrogen-bond donors (Lipinski definition) is 3. The van der Waals surface area contributed by atoms with E-state index in [1.807, 2.05) is 13.0 Å². The standard InChI is InChI=1S/C16H17N3O3/c1-11-5-4-8-14(18-11)19-15(21)9-10-17-16(22)12-6-2-3-7-13(12)20/h2-8,20H,9-10H2,1H3,(H,17,22)(H,18,19,21). The molecule has 1 aromatic heterocycles. The Labute approximate surface area is 128 Å². The van der Waals surface area contributed by atoms with Gasteiger partial charge in [0.25, 0.3) is 5.91 Å². The lowest BCUT2D eigenvalue weighted by molar-refractivity contribution is -0.116. The van der Waals surface area contributed by atoms with Crippen LogP contribution in [0.5, 0.6) is 5.75 Å². The normalized spacial score (nSPS) is 10.0. The molecule has 0 aliphatic rings. The van der Waals surface area contributed by atoms with Gasteiger partial charge in [-0.15, -0.1) is 0 Å². The molecule has 1 heterocycles. The molecular formula is C16H17N3O3. The molecule has 0 unspecified atom stereocenters. The second-order valence-electron chi connectivity index (χ2n) is 4.74. The number of para-hydroxylation sites is 1. The van der Waals surface area contributed by atoms with E-state index in [1.165, 1.54) is 12.1 Å². The summed E-state index contributed by atoms with van der Waals surface area (Å²) in [4.78, 5) is 27.8. The molecule has 0 aliphatic carbocycles. The van der Waals surface area contributed by atoms with Gasteiger partial charge in [-0.3, -0.25) is 9.59 Å². The maximum atomic E-state index is 11.8. The first-order chi connectivity index (χ1) is 10.6. The van der Waals surface area contributed by atoms with Gasteiger partial charge in [0.15, 0.2) is 0 Å². The molecule has 6 nitrogen and oxygen atoms in total. The van der Waals surface area contributed by atoms with Crippen molar-refractivity contribution in [1.29, 1.82) is 0 Å². The molecule has 0 saturated carbocycles. The molecule has 0 bridgehead atoms. The Morgan fingerprint density at radius 2 is 1.91 bits per heavy atom. The average Bonchev–Trinajstić information content (AvgIpc) is 2.47. The van der Waals surface area contributed by atoms with Crippen LogP contribution in [0.1, 0.15) is 22.5 Å². The first-order valence-corrected chi connectivity index (χ1v) is 6.86. The monoisotopic (exact) mass is 299 g/mol. The molecule has 2 rings (SSSR count). The molecule has 0 saturated heterocycles. The van der Waals surface area contributed by atoms with Crippen molar-refractivity contribution in [2.45, 2.75) is 13.3 Å². The van der Waals surface area contributed by atoms with Crippen molar-refractivity contribution in [1.82, 2.24) is 10.3 Å². The van der Waals surface area contributed by atoms with Crippen LogP contribution in [0.25, 0.3) is 0 Å². The zero-order valence-electron chi connectivity index (χ0n) is 12.2. The number of aromatic nitrogens is 1. The molecule has 6 heteroatoms. The molecule has 114 valence electrons. The predicted octanol–water partition coefficient (Wildman–Crippen LogP) is 1.85. The van der Waals surface area contributed by atoms with E-state index in [1.54, 1.807) is 24.3 Å². The number of carbonyl (C=O) groups excluding carboxylic acids is 2. The molecule has 0 spiro atoms. The number of benzene rings is 1. The van der Waals surface area contributed by atoms with E-state index < -0.39 is 5.91 Å². The number of anilines is 1. The van der Waals surface area contributed by atoms with Gasteiger partial charge in [-0.25, -0.2) is 4.98 Å². The summed E-state index contributed by atoms with van der Waals surface area (Å²) < 4.78 is 0. The Kier molecular flexibility index (Phi) is 5.08. The minimum Gasteiger partial charge on any atom is -0.507 e. The summed E-state index contributed by atoms with van der Waals surface area (Å²) in [5, 5.41) is 14.8. The van der Waals surface area contributed by atoms with Gasteiger partial charge >= 0.3 is 0 Å². The van der Waals surface area contributed by atoms with Gasteiger partial charge in [0.05, 0.1) is 5.56 Å². The van der Waals surface area contributed by atoms with Crippen molar-refractivity contribution < 1.29 is 14.7 Å². The topological polar surface area (TPSA) is 91.3 Å². The van der Waals surface area contributed by atoms with Crippen LogP contribution in [0.2, 0.25) is 0 Å². The van der Waals surface area contributed by atoms with Crippen LogP contribution in [0, 0.1) is 6.92 Å². The van der Waals surface area contributed by atoms with Crippen LogP contribution in [0.15, 0.2) is 42.5 Å². The van der Waals surface area contributed by atoms with Gasteiger partial charge in [0, 0.05) is 18.7 Å². The number of aromatic hydroxyl groups is 1. The lowest BCUT2D eigenvalue weighted by atomic mass is 10.2. The van der Waals surface area contributed by atoms with Gasteiger partial charge in [0.1, 0.15) is 11.6 Å². The lowest BCUT2D eigenvalue weighted by Crippen LogP contribution is -2.27. The van der Waals surface area contributed by atoms with Crippen LogP contribution >= 0.6 is 0 Å². The Hall–Kier alpha value is -2.89. The molecule has 2 amide bonds. The molecular weight excluding hydrogens is 282 g/mol. The highest BCUT2D eigenvalue weighted by atomic mass is 16.3. The Balaban J connectivity index is 1.80. The van der Waals surface area contributed by atoms with Gasteiger partial charge in [0.2, 0.25) is 5.91 Å². The Bertz CT molecular complexity index is 686. The molecule has 0 atom stereocenters. The average molecular weight is 299 g/mol. The number of pyridine rings is 1.